The van der Waals surface area contributed by atoms with Gasteiger partial charge in [0.2, 0.25) is 15.9 Å². The van der Waals surface area contributed by atoms with Gasteiger partial charge < -0.3 is 4.90 Å². The van der Waals surface area contributed by atoms with Gasteiger partial charge in [-0.2, -0.15) is 4.31 Å². The molecule has 25 heavy (non-hydrogen) atoms. The van der Waals surface area contributed by atoms with Gasteiger partial charge in [-0.05, 0) is 36.6 Å². The third-order valence-electron chi connectivity index (χ3n) is 5.02. The minimum atomic E-state index is -3.52. The highest BCUT2D eigenvalue weighted by Gasteiger charge is 2.32. The summed E-state index contributed by atoms with van der Waals surface area (Å²) in [6.07, 6.45) is 3.64. The zero-order chi connectivity index (χ0) is 17.6. The minimum absolute atomic E-state index is 0.00573. The first kappa shape index (κ1) is 16.7. The Hall–Kier alpha value is -1.77. The smallest absolute Gasteiger partial charge is 0.243 e. The van der Waals surface area contributed by atoms with Crippen LogP contribution in [0.2, 0.25) is 0 Å². The van der Waals surface area contributed by atoms with Crippen molar-refractivity contribution in [3.8, 4) is 0 Å². The van der Waals surface area contributed by atoms with Crippen molar-refractivity contribution in [3.05, 3.63) is 40.3 Å². The summed E-state index contributed by atoms with van der Waals surface area (Å²) < 4.78 is 27.5. The molecule has 1 amide bonds. The second kappa shape index (κ2) is 6.19. The maximum Gasteiger partial charge on any atom is 0.243 e. The monoisotopic (exact) mass is 377 g/mol. The van der Waals surface area contributed by atoms with Gasteiger partial charge in [0.25, 0.3) is 0 Å². The highest BCUT2D eigenvalue weighted by molar-refractivity contribution is 7.89. The lowest BCUT2D eigenvalue weighted by atomic mass is 9.99. The number of anilines is 1. The van der Waals surface area contributed by atoms with Crippen LogP contribution < -0.4 is 4.90 Å². The lowest BCUT2D eigenvalue weighted by molar-refractivity contribution is -0.117. The number of benzene rings is 1. The zero-order valence-corrected chi connectivity index (χ0v) is 15.5. The van der Waals surface area contributed by atoms with Gasteiger partial charge in [0.05, 0.1) is 16.3 Å². The summed E-state index contributed by atoms with van der Waals surface area (Å²) in [6.45, 7) is 1.00. The Morgan fingerprint density at radius 3 is 2.68 bits per heavy atom. The van der Waals surface area contributed by atoms with E-state index in [1.165, 1.54) is 0 Å². The summed E-state index contributed by atoms with van der Waals surface area (Å²) in [4.78, 5) is 18.0. The maximum atomic E-state index is 13.0. The number of fused-ring (bicyclic) bond motifs is 1. The predicted octanol–water partition coefficient (Wildman–Crippen LogP) is 2.23. The fourth-order valence-electron chi connectivity index (χ4n) is 3.54. The third kappa shape index (κ3) is 2.88. The van der Waals surface area contributed by atoms with Crippen LogP contribution in [0.3, 0.4) is 0 Å². The molecular formula is C17H19N3O3S2. The van der Waals surface area contributed by atoms with E-state index in [1.807, 2.05) is 5.38 Å². The van der Waals surface area contributed by atoms with E-state index >= 15 is 0 Å². The van der Waals surface area contributed by atoms with Crippen LogP contribution in [0.25, 0.3) is 0 Å². The Morgan fingerprint density at radius 2 is 2.00 bits per heavy atom. The summed E-state index contributed by atoms with van der Waals surface area (Å²) in [5, 5.41) is 3.05. The topological polar surface area (TPSA) is 70.6 Å². The first-order valence-corrected chi connectivity index (χ1v) is 10.6. The number of hydrogen-bond acceptors (Lipinski definition) is 5. The summed E-state index contributed by atoms with van der Waals surface area (Å²) in [5.41, 5.74) is 1.58. The molecule has 2 aromatic rings. The Labute approximate surface area is 151 Å². The minimum Gasteiger partial charge on any atom is -0.315 e. The van der Waals surface area contributed by atoms with Crippen molar-refractivity contribution in [1.82, 2.24) is 9.29 Å². The van der Waals surface area contributed by atoms with Crippen LogP contribution in [0.5, 0.6) is 0 Å². The van der Waals surface area contributed by atoms with E-state index < -0.39 is 10.0 Å². The predicted molar refractivity (Wildman–Crippen MR) is 96.4 cm³/mol. The number of nitrogens with zero attached hydrogens (tertiary/aromatic N) is 3. The largest absolute Gasteiger partial charge is 0.315 e. The number of thiazole rings is 1. The fourth-order valence-corrected chi connectivity index (χ4v) is 5.87. The van der Waals surface area contributed by atoms with Gasteiger partial charge in [-0.1, -0.05) is 0 Å². The number of rotatable bonds is 3. The van der Waals surface area contributed by atoms with Gasteiger partial charge in [0, 0.05) is 43.3 Å². The van der Waals surface area contributed by atoms with Crippen molar-refractivity contribution >= 4 is 33.0 Å². The molecule has 2 aliphatic heterocycles. The normalized spacial score (nSPS) is 19.4. The standard InChI is InChI=1S/C17H19N3O3S2/c1-19-15-3-2-14(10-13(15)11-16(19)21)25(22,23)20-7-4-12(5-8-20)17-18-6-9-24-17/h2-3,6,9-10,12H,4-5,7-8,11H2,1H3. The third-order valence-corrected chi connectivity index (χ3v) is 7.85. The number of amides is 1. The lowest BCUT2D eigenvalue weighted by Gasteiger charge is -2.30. The average Bonchev–Trinajstić information content (AvgIpc) is 3.24. The molecule has 0 radical (unpaired) electrons. The van der Waals surface area contributed by atoms with E-state index in [9.17, 15) is 13.2 Å². The maximum absolute atomic E-state index is 13.0. The van der Waals surface area contributed by atoms with E-state index in [2.05, 4.69) is 4.98 Å². The lowest BCUT2D eigenvalue weighted by Crippen LogP contribution is -2.37. The molecule has 4 rings (SSSR count). The molecule has 0 N–H and O–H groups in total. The van der Waals surface area contributed by atoms with E-state index in [4.69, 9.17) is 0 Å². The van der Waals surface area contributed by atoms with Crippen molar-refractivity contribution in [2.45, 2.75) is 30.1 Å². The zero-order valence-electron chi connectivity index (χ0n) is 13.9. The number of carbonyl (C=O) groups is 1. The van der Waals surface area contributed by atoms with Crippen LogP contribution in [-0.2, 0) is 21.2 Å². The van der Waals surface area contributed by atoms with Crippen molar-refractivity contribution in [1.29, 1.82) is 0 Å². The highest BCUT2D eigenvalue weighted by Crippen LogP contribution is 2.34. The molecule has 0 atom stereocenters. The molecule has 1 aromatic heterocycles. The quantitative estimate of drug-likeness (QED) is 0.822. The number of likely N-dealkylation sites (N-methyl/N-ethyl adjacent to an activating group) is 1. The van der Waals surface area contributed by atoms with Gasteiger partial charge in [-0.3, -0.25) is 4.79 Å². The number of sulfonamides is 1. The Balaban J connectivity index is 1.53. The van der Waals surface area contributed by atoms with E-state index in [-0.39, 0.29) is 17.2 Å². The summed E-state index contributed by atoms with van der Waals surface area (Å²) in [6, 6.07) is 4.99. The second-order valence-corrected chi connectivity index (χ2v) is 9.33. The Bertz CT molecular complexity index is 901. The number of hydrogen-bond donors (Lipinski definition) is 0. The van der Waals surface area contributed by atoms with Crippen LogP contribution >= 0.6 is 11.3 Å². The molecule has 3 heterocycles. The Morgan fingerprint density at radius 1 is 1.24 bits per heavy atom. The number of piperidine rings is 1. The number of aromatic nitrogens is 1. The van der Waals surface area contributed by atoms with Crippen molar-refractivity contribution in [2.24, 2.45) is 0 Å². The van der Waals surface area contributed by atoms with Crippen molar-refractivity contribution in [2.75, 3.05) is 25.0 Å². The van der Waals surface area contributed by atoms with Gasteiger partial charge in [0.1, 0.15) is 0 Å². The first-order chi connectivity index (χ1) is 12.0. The summed E-state index contributed by atoms with van der Waals surface area (Å²) in [5.74, 6) is 0.339. The molecule has 0 unspecified atom stereocenters. The van der Waals surface area contributed by atoms with Crippen LogP contribution in [0, 0.1) is 0 Å². The molecule has 0 aliphatic carbocycles. The van der Waals surface area contributed by atoms with E-state index in [0.29, 0.717) is 19.0 Å². The molecule has 0 spiro atoms. The second-order valence-electron chi connectivity index (χ2n) is 6.47. The molecule has 0 saturated carbocycles. The first-order valence-electron chi connectivity index (χ1n) is 8.26. The van der Waals surface area contributed by atoms with E-state index in [0.717, 1.165) is 29.1 Å². The van der Waals surface area contributed by atoms with Gasteiger partial charge in [-0.25, -0.2) is 13.4 Å². The van der Waals surface area contributed by atoms with Crippen LogP contribution in [-0.4, -0.2) is 43.8 Å². The molecule has 1 aromatic carbocycles. The summed E-state index contributed by atoms with van der Waals surface area (Å²) >= 11 is 1.63. The van der Waals surface area contributed by atoms with Crippen molar-refractivity contribution < 1.29 is 13.2 Å². The molecule has 6 nitrogen and oxygen atoms in total. The van der Waals surface area contributed by atoms with Gasteiger partial charge in [0.15, 0.2) is 0 Å². The Kier molecular flexibility index (Phi) is 4.13. The van der Waals surface area contributed by atoms with Crippen LogP contribution in [0.15, 0.2) is 34.7 Å². The average molecular weight is 377 g/mol. The van der Waals surface area contributed by atoms with Gasteiger partial charge >= 0.3 is 0 Å². The molecule has 1 saturated heterocycles. The highest BCUT2D eigenvalue weighted by atomic mass is 32.2. The molecule has 2 aliphatic rings. The molecule has 132 valence electrons. The molecule has 0 bridgehead atoms. The molecule has 8 heteroatoms. The van der Waals surface area contributed by atoms with Crippen molar-refractivity contribution in [3.63, 3.8) is 0 Å². The van der Waals surface area contributed by atoms with Crippen LogP contribution in [0.1, 0.15) is 29.3 Å². The van der Waals surface area contributed by atoms with E-state index in [1.54, 1.807) is 52.0 Å². The SMILES string of the molecule is CN1C(=O)Cc2cc(S(=O)(=O)N3CCC(c4nccs4)CC3)ccc21. The molecule has 1 fully saturated rings. The van der Waals surface area contributed by atoms with Gasteiger partial charge in [-0.15, -0.1) is 11.3 Å². The number of carbonyl (C=O) groups excluding carboxylic acids is 1. The fraction of sp³-hybridized carbons (Fsp3) is 0.412. The molecular weight excluding hydrogens is 358 g/mol. The summed E-state index contributed by atoms with van der Waals surface area (Å²) in [7, 11) is -1.81. The van der Waals surface area contributed by atoms with Crippen LogP contribution in [0.4, 0.5) is 5.69 Å².